The third-order valence-corrected chi connectivity index (χ3v) is 4.26. The molecule has 0 aliphatic rings. The van der Waals surface area contributed by atoms with Crippen molar-refractivity contribution >= 4 is 23.6 Å². The van der Waals surface area contributed by atoms with Gasteiger partial charge < -0.3 is 0 Å². The van der Waals surface area contributed by atoms with Crippen LogP contribution in [0, 0.1) is 31.6 Å². The van der Waals surface area contributed by atoms with Crippen LogP contribution in [0.1, 0.15) is 21.7 Å². The maximum Gasteiger partial charge on any atom is 0.166 e. The molecule has 0 spiro atoms. The molecule has 0 unspecified atom stereocenters. The molecule has 1 nitrogen and oxygen atoms in total. The van der Waals surface area contributed by atoms with E-state index >= 15 is 0 Å². The van der Waals surface area contributed by atoms with Crippen molar-refractivity contribution in [3.05, 3.63) is 43.9 Å². The van der Waals surface area contributed by atoms with Crippen molar-refractivity contribution in [2.24, 2.45) is 0 Å². The van der Waals surface area contributed by atoms with Crippen LogP contribution in [0.15, 0.2) is 18.2 Å². The fraction of sp³-hybridized carbons (Fsp3) is 0.308. The minimum absolute atomic E-state index is 0.934. The van der Waals surface area contributed by atoms with Gasteiger partial charge in [0.1, 0.15) is 0 Å². The first-order chi connectivity index (χ1) is 7.50. The van der Waals surface area contributed by atoms with E-state index in [1.807, 2.05) is 0 Å². The van der Waals surface area contributed by atoms with E-state index in [1.165, 1.54) is 27.4 Å². The Balaban J connectivity index is 2.76. The van der Waals surface area contributed by atoms with Gasteiger partial charge in [0.2, 0.25) is 0 Å². The monoisotopic (exact) mass is 249 g/mol. The van der Waals surface area contributed by atoms with Crippen LogP contribution >= 0.6 is 23.6 Å². The highest BCUT2D eigenvalue weighted by molar-refractivity contribution is 7.73. The van der Waals surface area contributed by atoms with Gasteiger partial charge in [-0.2, -0.15) is 0 Å². The first-order valence-electron chi connectivity index (χ1n) is 5.27. The first-order valence-corrected chi connectivity index (χ1v) is 6.50. The maximum atomic E-state index is 5.43. The summed E-state index contributed by atoms with van der Waals surface area (Å²) in [4.78, 5) is 1.30. The zero-order valence-corrected chi connectivity index (χ0v) is 11.6. The van der Waals surface area contributed by atoms with Gasteiger partial charge in [-0.05, 0) is 57.1 Å². The van der Waals surface area contributed by atoms with E-state index in [4.69, 9.17) is 12.2 Å². The van der Waals surface area contributed by atoms with Crippen LogP contribution in [-0.4, -0.2) is 4.57 Å². The molecule has 16 heavy (non-hydrogen) atoms. The molecular formula is C13H15NS2. The molecule has 0 radical (unpaired) electrons. The largest absolute Gasteiger partial charge is 0.296 e. The van der Waals surface area contributed by atoms with E-state index < -0.39 is 0 Å². The van der Waals surface area contributed by atoms with Crippen LogP contribution in [0.5, 0.6) is 0 Å². The molecule has 84 valence electrons. The van der Waals surface area contributed by atoms with Gasteiger partial charge in [-0.15, -0.1) is 11.3 Å². The number of hydrogen-bond acceptors (Lipinski definition) is 2. The number of hydrogen-bond donors (Lipinski definition) is 0. The van der Waals surface area contributed by atoms with Crippen LogP contribution in [-0.2, 0) is 0 Å². The molecule has 1 aromatic heterocycles. The lowest BCUT2D eigenvalue weighted by molar-refractivity contribution is 0.979. The molecule has 0 saturated heterocycles. The highest BCUT2D eigenvalue weighted by atomic mass is 32.1. The number of nitrogens with zero attached hydrogens (tertiary/aromatic N) is 1. The van der Waals surface area contributed by atoms with Crippen molar-refractivity contribution in [2.75, 3.05) is 0 Å². The van der Waals surface area contributed by atoms with Crippen molar-refractivity contribution in [3.8, 4) is 5.69 Å². The SMILES string of the molecule is Cc1ccc(C)c(-n2c(C)c(C)sc2=S)c1. The van der Waals surface area contributed by atoms with Gasteiger partial charge in [-0.25, -0.2) is 0 Å². The summed E-state index contributed by atoms with van der Waals surface area (Å²) in [7, 11) is 0. The normalized spacial score (nSPS) is 10.8. The summed E-state index contributed by atoms with van der Waals surface area (Å²) in [6, 6.07) is 6.49. The Morgan fingerprint density at radius 1 is 1.12 bits per heavy atom. The van der Waals surface area contributed by atoms with Crippen LogP contribution < -0.4 is 0 Å². The molecule has 0 N–H and O–H groups in total. The van der Waals surface area contributed by atoms with Gasteiger partial charge in [-0.3, -0.25) is 4.57 Å². The van der Waals surface area contributed by atoms with E-state index in [2.05, 4.69) is 50.5 Å². The van der Waals surface area contributed by atoms with Gasteiger partial charge in [0.05, 0.1) is 5.69 Å². The average Bonchev–Trinajstić information content (AvgIpc) is 2.46. The lowest BCUT2D eigenvalue weighted by atomic mass is 10.1. The van der Waals surface area contributed by atoms with Crippen LogP contribution in [0.25, 0.3) is 5.69 Å². The Kier molecular flexibility index (Phi) is 3.00. The van der Waals surface area contributed by atoms with Gasteiger partial charge in [0.15, 0.2) is 3.95 Å². The Hall–Kier alpha value is -0.930. The summed E-state index contributed by atoms with van der Waals surface area (Å²) < 4.78 is 3.11. The fourth-order valence-electron chi connectivity index (χ4n) is 1.78. The van der Waals surface area contributed by atoms with E-state index in [9.17, 15) is 0 Å². The van der Waals surface area contributed by atoms with Gasteiger partial charge in [0.25, 0.3) is 0 Å². The highest BCUT2D eigenvalue weighted by Gasteiger charge is 2.09. The lowest BCUT2D eigenvalue weighted by Crippen LogP contribution is -2.00. The molecule has 3 heteroatoms. The molecule has 0 saturated carbocycles. The standard InChI is InChI=1S/C13H15NS2/c1-8-5-6-9(2)12(7-8)14-10(3)11(4)16-13(14)15/h5-7H,1-4H3. The molecule has 0 aliphatic carbocycles. The van der Waals surface area contributed by atoms with E-state index in [-0.39, 0.29) is 0 Å². The molecule has 0 atom stereocenters. The van der Waals surface area contributed by atoms with Gasteiger partial charge in [-0.1, -0.05) is 12.1 Å². The van der Waals surface area contributed by atoms with E-state index in [0.29, 0.717) is 0 Å². The van der Waals surface area contributed by atoms with Crippen molar-refractivity contribution < 1.29 is 0 Å². The minimum atomic E-state index is 0.934. The second-order valence-electron chi connectivity index (χ2n) is 4.13. The van der Waals surface area contributed by atoms with Crippen molar-refractivity contribution in [1.82, 2.24) is 4.57 Å². The summed E-state index contributed by atoms with van der Waals surface area (Å²) in [6.45, 7) is 8.49. The second kappa shape index (κ2) is 4.15. The molecule has 0 aliphatic heterocycles. The Morgan fingerprint density at radius 3 is 2.38 bits per heavy atom. The predicted molar refractivity (Wildman–Crippen MR) is 73.4 cm³/mol. The predicted octanol–water partition coefficient (Wildman–Crippen LogP) is 4.50. The Bertz CT molecular complexity index is 590. The fourth-order valence-corrected chi connectivity index (χ4v) is 3.22. The first kappa shape index (κ1) is 11.6. The van der Waals surface area contributed by atoms with E-state index in [0.717, 1.165) is 3.95 Å². The van der Waals surface area contributed by atoms with Crippen LogP contribution in [0.3, 0.4) is 0 Å². The average molecular weight is 249 g/mol. The zero-order chi connectivity index (χ0) is 11.9. The lowest BCUT2D eigenvalue weighted by Gasteiger charge is -2.10. The van der Waals surface area contributed by atoms with Crippen LogP contribution in [0.4, 0.5) is 0 Å². The molecule has 2 aromatic rings. The molecule has 0 fully saturated rings. The van der Waals surface area contributed by atoms with Crippen molar-refractivity contribution in [2.45, 2.75) is 27.7 Å². The molecule has 2 rings (SSSR count). The van der Waals surface area contributed by atoms with Crippen LogP contribution in [0.2, 0.25) is 0 Å². The van der Waals surface area contributed by atoms with Gasteiger partial charge >= 0.3 is 0 Å². The highest BCUT2D eigenvalue weighted by Crippen LogP contribution is 2.25. The second-order valence-corrected chi connectivity index (χ2v) is 5.98. The smallest absolute Gasteiger partial charge is 0.166 e. The third-order valence-electron chi connectivity index (χ3n) is 2.87. The molecule has 0 bridgehead atoms. The number of thiazole rings is 1. The van der Waals surface area contributed by atoms with Crippen molar-refractivity contribution in [1.29, 1.82) is 0 Å². The zero-order valence-electron chi connectivity index (χ0n) is 10.00. The molecule has 0 amide bonds. The minimum Gasteiger partial charge on any atom is -0.296 e. The molecular weight excluding hydrogens is 234 g/mol. The van der Waals surface area contributed by atoms with E-state index in [1.54, 1.807) is 11.3 Å². The number of benzene rings is 1. The summed E-state index contributed by atoms with van der Waals surface area (Å²) in [6.07, 6.45) is 0. The quantitative estimate of drug-likeness (QED) is 0.674. The topological polar surface area (TPSA) is 4.93 Å². The number of rotatable bonds is 1. The Labute approximate surface area is 105 Å². The molecule has 1 heterocycles. The summed E-state index contributed by atoms with van der Waals surface area (Å²) in [5, 5.41) is 0. The summed E-state index contributed by atoms with van der Waals surface area (Å²) in [5.74, 6) is 0. The van der Waals surface area contributed by atoms with Crippen molar-refractivity contribution in [3.63, 3.8) is 0 Å². The Morgan fingerprint density at radius 2 is 1.81 bits per heavy atom. The summed E-state index contributed by atoms with van der Waals surface area (Å²) >= 11 is 7.11. The van der Waals surface area contributed by atoms with Gasteiger partial charge in [0, 0.05) is 10.6 Å². The number of aromatic nitrogens is 1. The third kappa shape index (κ3) is 1.85. The number of aryl methyl sites for hydroxylation is 3. The molecule has 1 aromatic carbocycles. The maximum absolute atomic E-state index is 5.43. The summed E-state index contributed by atoms with van der Waals surface area (Å²) in [5.41, 5.74) is 5.00.